The lowest BCUT2D eigenvalue weighted by atomic mass is 10.2. The second-order valence-corrected chi connectivity index (χ2v) is 5.05. The number of para-hydroxylation sites is 1. The molecule has 0 bridgehead atoms. The number of ether oxygens (including phenoxy) is 1. The zero-order chi connectivity index (χ0) is 14.9. The minimum Gasteiger partial charge on any atom is -0.495 e. The molecular formula is C13H10F3IN2O. The van der Waals surface area contributed by atoms with Crippen molar-refractivity contribution in [3.8, 4) is 5.75 Å². The monoisotopic (exact) mass is 394 g/mol. The van der Waals surface area contributed by atoms with Crippen molar-refractivity contribution in [2.24, 2.45) is 0 Å². The van der Waals surface area contributed by atoms with Gasteiger partial charge in [0.05, 0.1) is 22.1 Å². The van der Waals surface area contributed by atoms with Crippen LogP contribution in [0.15, 0.2) is 24.3 Å². The van der Waals surface area contributed by atoms with Crippen LogP contribution in [-0.2, 0) is 0 Å². The van der Waals surface area contributed by atoms with E-state index in [0.29, 0.717) is 5.75 Å². The van der Waals surface area contributed by atoms with Crippen LogP contribution in [0, 0.1) is 21.0 Å². The molecule has 2 rings (SSSR count). The van der Waals surface area contributed by atoms with Gasteiger partial charge in [0.1, 0.15) is 11.4 Å². The number of hydrogen-bond donors (Lipinski definition) is 2. The van der Waals surface area contributed by atoms with Crippen LogP contribution in [0.25, 0.3) is 0 Å². The molecule has 0 unspecified atom stereocenters. The molecule has 0 spiro atoms. The van der Waals surface area contributed by atoms with Crippen LogP contribution in [-0.4, -0.2) is 7.11 Å². The normalized spacial score (nSPS) is 10.4. The predicted molar refractivity (Wildman–Crippen MR) is 79.7 cm³/mol. The van der Waals surface area contributed by atoms with Gasteiger partial charge in [0.25, 0.3) is 0 Å². The number of nitrogen functional groups attached to an aromatic ring is 1. The first kappa shape index (κ1) is 14.8. The highest BCUT2D eigenvalue weighted by molar-refractivity contribution is 14.1. The average Bonchev–Trinajstić information content (AvgIpc) is 2.43. The highest BCUT2D eigenvalue weighted by atomic mass is 127. The van der Waals surface area contributed by atoms with Crippen molar-refractivity contribution in [3.63, 3.8) is 0 Å². The first-order valence-corrected chi connectivity index (χ1v) is 6.56. The maximum absolute atomic E-state index is 13.8. The van der Waals surface area contributed by atoms with Crippen LogP contribution in [0.1, 0.15) is 0 Å². The smallest absolute Gasteiger partial charge is 0.186 e. The Kier molecular flexibility index (Phi) is 4.26. The Morgan fingerprint density at radius 2 is 1.90 bits per heavy atom. The molecule has 0 aliphatic heterocycles. The summed E-state index contributed by atoms with van der Waals surface area (Å²) in [5, 5.41) is 2.45. The van der Waals surface area contributed by atoms with Crippen LogP contribution in [0.5, 0.6) is 5.75 Å². The van der Waals surface area contributed by atoms with Crippen molar-refractivity contribution in [1.82, 2.24) is 0 Å². The van der Waals surface area contributed by atoms with E-state index in [0.717, 1.165) is 6.07 Å². The van der Waals surface area contributed by atoms with Gasteiger partial charge in [0.15, 0.2) is 17.5 Å². The van der Waals surface area contributed by atoms with Crippen LogP contribution >= 0.6 is 22.6 Å². The Labute approximate surface area is 127 Å². The SMILES string of the molecule is COc1cccc(Nc2c(F)cc(I)c(F)c2F)c1N. The second-order valence-electron chi connectivity index (χ2n) is 3.89. The van der Waals surface area contributed by atoms with E-state index in [9.17, 15) is 13.2 Å². The average molecular weight is 394 g/mol. The molecule has 7 heteroatoms. The van der Waals surface area contributed by atoms with Gasteiger partial charge in [0.2, 0.25) is 0 Å². The maximum atomic E-state index is 13.8. The van der Waals surface area contributed by atoms with E-state index >= 15 is 0 Å². The summed E-state index contributed by atoms with van der Waals surface area (Å²) >= 11 is 1.51. The minimum absolute atomic E-state index is 0.137. The Morgan fingerprint density at radius 3 is 2.55 bits per heavy atom. The second kappa shape index (κ2) is 5.78. The van der Waals surface area contributed by atoms with Gasteiger partial charge < -0.3 is 15.8 Å². The lowest BCUT2D eigenvalue weighted by molar-refractivity contribution is 0.417. The Balaban J connectivity index is 2.48. The quantitative estimate of drug-likeness (QED) is 0.358. The topological polar surface area (TPSA) is 47.3 Å². The number of benzene rings is 2. The molecule has 0 atom stereocenters. The first-order valence-electron chi connectivity index (χ1n) is 5.48. The van der Waals surface area contributed by atoms with Gasteiger partial charge in [0, 0.05) is 0 Å². The van der Waals surface area contributed by atoms with E-state index in [2.05, 4.69) is 5.32 Å². The zero-order valence-electron chi connectivity index (χ0n) is 10.3. The first-order chi connectivity index (χ1) is 9.45. The van der Waals surface area contributed by atoms with Crippen LogP contribution < -0.4 is 15.8 Å². The highest BCUT2D eigenvalue weighted by Crippen LogP contribution is 2.34. The Morgan fingerprint density at radius 1 is 1.20 bits per heavy atom. The molecule has 0 saturated heterocycles. The van der Waals surface area contributed by atoms with Gasteiger partial charge in [-0.05, 0) is 40.8 Å². The molecule has 3 N–H and O–H groups in total. The number of rotatable bonds is 3. The van der Waals surface area contributed by atoms with E-state index < -0.39 is 23.1 Å². The standard InChI is InChI=1S/C13H10F3IN2O/c1-20-9-4-2-3-8(12(9)18)19-13-6(14)5-7(17)10(15)11(13)16/h2-5,19H,18H2,1H3. The molecule has 20 heavy (non-hydrogen) atoms. The molecule has 0 amide bonds. The van der Waals surface area contributed by atoms with Gasteiger partial charge in [-0.25, -0.2) is 13.2 Å². The molecule has 0 aliphatic rings. The molecule has 0 saturated carbocycles. The summed E-state index contributed by atoms with van der Waals surface area (Å²) in [6, 6.07) is 5.60. The number of halogens is 4. The molecule has 0 radical (unpaired) electrons. The molecular weight excluding hydrogens is 384 g/mol. The van der Waals surface area contributed by atoms with Crippen LogP contribution in [0.2, 0.25) is 0 Å². The third-order valence-corrected chi connectivity index (χ3v) is 3.44. The third-order valence-electron chi connectivity index (χ3n) is 2.66. The number of hydrogen-bond acceptors (Lipinski definition) is 3. The number of nitrogens with one attached hydrogen (secondary N) is 1. The van der Waals surface area contributed by atoms with Crippen molar-refractivity contribution >= 4 is 39.7 Å². The fourth-order valence-corrected chi connectivity index (χ4v) is 2.16. The van der Waals surface area contributed by atoms with Crippen molar-refractivity contribution in [2.45, 2.75) is 0 Å². The van der Waals surface area contributed by atoms with Crippen LogP contribution in [0.4, 0.5) is 30.2 Å². The molecule has 2 aromatic rings. The lowest BCUT2D eigenvalue weighted by Gasteiger charge is -2.14. The van der Waals surface area contributed by atoms with Gasteiger partial charge in [-0.15, -0.1) is 0 Å². The summed E-state index contributed by atoms with van der Waals surface area (Å²) in [6.07, 6.45) is 0. The summed E-state index contributed by atoms with van der Waals surface area (Å²) in [5.74, 6) is -2.97. The molecule has 3 nitrogen and oxygen atoms in total. The van der Waals surface area contributed by atoms with E-state index in [1.54, 1.807) is 12.1 Å². The molecule has 0 aromatic heterocycles. The van der Waals surface area contributed by atoms with Gasteiger partial charge in [-0.3, -0.25) is 0 Å². The maximum Gasteiger partial charge on any atom is 0.186 e. The molecule has 0 fully saturated rings. The summed E-state index contributed by atoms with van der Waals surface area (Å²) < 4.78 is 45.9. The summed E-state index contributed by atoms with van der Waals surface area (Å²) in [4.78, 5) is 0. The number of anilines is 3. The van der Waals surface area contributed by atoms with Crippen molar-refractivity contribution < 1.29 is 17.9 Å². The fourth-order valence-electron chi connectivity index (χ4n) is 1.65. The van der Waals surface area contributed by atoms with Crippen molar-refractivity contribution in [1.29, 1.82) is 0 Å². The summed E-state index contributed by atoms with van der Waals surface area (Å²) in [5.41, 5.74) is 5.59. The predicted octanol–water partition coefficient (Wildman–Crippen LogP) is 4.04. The van der Waals surface area contributed by atoms with Gasteiger partial charge >= 0.3 is 0 Å². The summed E-state index contributed by atoms with van der Waals surface area (Å²) in [6.45, 7) is 0. The molecule has 0 heterocycles. The molecule has 2 aromatic carbocycles. The lowest BCUT2D eigenvalue weighted by Crippen LogP contribution is -2.04. The van der Waals surface area contributed by atoms with E-state index in [-0.39, 0.29) is 14.9 Å². The fraction of sp³-hybridized carbons (Fsp3) is 0.0769. The van der Waals surface area contributed by atoms with E-state index in [1.807, 2.05) is 0 Å². The van der Waals surface area contributed by atoms with Crippen molar-refractivity contribution in [2.75, 3.05) is 18.2 Å². The largest absolute Gasteiger partial charge is 0.495 e. The number of methoxy groups -OCH3 is 1. The zero-order valence-corrected chi connectivity index (χ0v) is 12.5. The van der Waals surface area contributed by atoms with E-state index in [4.69, 9.17) is 10.5 Å². The van der Waals surface area contributed by atoms with E-state index in [1.165, 1.54) is 35.8 Å². The highest BCUT2D eigenvalue weighted by Gasteiger charge is 2.18. The van der Waals surface area contributed by atoms with Crippen LogP contribution in [0.3, 0.4) is 0 Å². The number of nitrogens with two attached hydrogens (primary N) is 1. The Bertz CT molecular complexity index is 665. The van der Waals surface area contributed by atoms with Crippen molar-refractivity contribution in [3.05, 3.63) is 45.3 Å². The Hall–Kier alpha value is -1.64. The minimum atomic E-state index is -1.29. The third kappa shape index (κ3) is 2.62. The van der Waals surface area contributed by atoms with Gasteiger partial charge in [-0.2, -0.15) is 0 Å². The van der Waals surface area contributed by atoms with Gasteiger partial charge in [-0.1, -0.05) is 6.07 Å². The molecule has 0 aliphatic carbocycles. The summed E-state index contributed by atoms with van der Waals surface area (Å²) in [7, 11) is 1.42. The molecule has 106 valence electrons.